The summed E-state index contributed by atoms with van der Waals surface area (Å²) in [5, 5.41) is 6.92. The maximum absolute atomic E-state index is 6.38. The molecule has 3 atom stereocenters. The van der Waals surface area contributed by atoms with E-state index in [1.165, 1.54) is 77.8 Å². The van der Waals surface area contributed by atoms with Gasteiger partial charge in [-0.2, -0.15) is 0 Å². The third-order valence-electron chi connectivity index (χ3n) is 7.36. The summed E-state index contributed by atoms with van der Waals surface area (Å²) in [6.07, 6.45) is 8.34. The zero-order chi connectivity index (χ0) is 20.5. The van der Waals surface area contributed by atoms with Crippen LogP contribution in [0.1, 0.15) is 52.4 Å². The van der Waals surface area contributed by atoms with Crippen LogP contribution >= 0.6 is 0 Å². The second-order valence-corrected chi connectivity index (χ2v) is 9.68. The van der Waals surface area contributed by atoms with Crippen molar-refractivity contribution in [1.82, 2.24) is 25.3 Å². The van der Waals surface area contributed by atoms with Crippen molar-refractivity contribution in [3.63, 3.8) is 0 Å². The minimum Gasteiger partial charge on any atom is -0.375 e. The Morgan fingerprint density at radius 1 is 0.759 bits per heavy atom. The molecule has 3 rings (SSSR count). The van der Waals surface area contributed by atoms with Gasteiger partial charge in [0.15, 0.2) is 0 Å². The van der Waals surface area contributed by atoms with Gasteiger partial charge in [0.05, 0.1) is 12.2 Å². The first-order valence-corrected chi connectivity index (χ1v) is 12.4. The Morgan fingerprint density at radius 2 is 1.38 bits per heavy atom. The van der Waals surface area contributed by atoms with Gasteiger partial charge in [0.2, 0.25) is 0 Å². The molecular formula is C23H47N5O. The number of likely N-dealkylation sites (N-methyl/N-ethyl adjacent to an activating group) is 1. The standard InChI is InChI=1S/C23H47N5O/c1-20(27-14-12-25-13-15-27)4-6-22(28-18-16-26(3)17-19-28)7-5-21(2)29-23-8-10-24-11-9-23/h20-25H,4-19H2,1-3H3. The molecule has 29 heavy (non-hydrogen) atoms. The lowest BCUT2D eigenvalue weighted by Crippen LogP contribution is -2.50. The molecule has 3 aliphatic rings. The van der Waals surface area contributed by atoms with Crippen LogP contribution in [-0.4, -0.2) is 111 Å². The van der Waals surface area contributed by atoms with Gasteiger partial charge in [-0.05, 0) is 72.5 Å². The molecule has 170 valence electrons. The Hall–Kier alpha value is -0.240. The summed E-state index contributed by atoms with van der Waals surface area (Å²) in [5.74, 6) is 0. The fourth-order valence-corrected chi connectivity index (χ4v) is 5.19. The quantitative estimate of drug-likeness (QED) is 0.572. The zero-order valence-electron chi connectivity index (χ0n) is 19.4. The number of rotatable bonds is 10. The molecule has 3 fully saturated rings. The molecule has 0 spiro atoms. The Balaban J connectivity index is 1.45. The highest BCUT2D eigenvalue weighted by atomic mass is 16.5. The molecule has 6 heteroatoms. The maximum atomic E-state index is 6.38. The summed E-state index contributed by atoms with van der Waals surface area (Å²) in [6, 6.07) is 1.42. The van der Waals surface area contributed by atoms with E-state index < -0.39 is 0 Å². The summed E-state index contributed by atoms with van der Waals surface area (Å²) in [7, 11) is 2.26. The third-order valence-corrected chi connectivity index (χ3v) is 7.36. The Labute approximate surface area is 179 Å². The van der Waals surface area contributed by atoms with E-state index in [1.807, 2.05) is 0 Å². The molecule has 0 aliphatic carbocycles. The first-order chi connectivity index (χ1) is 14.1. The molecule has 0 radical (unpaired) electrons. The van der Waals surface area contributed by atoms with E-state index >= 15 is 0 Å². The van der Waals surface area contributed by atoms with Gasteiger partial charge in [0.1, 0.15) is 0 Å². The first kappa shape index (κ1) is 23.4. The lowest BCUT2D eigenvalue weighted by Gasteiger charge is -2.40. The molecule has 0 bridgehead atoms. The van der Waals surface area contributed by atoms with Crippen LogP contribution in [0.25, 0.3) is 0 Å². The molecule has 0 aromatic rings. The average Bonchev–Trinajstić information content (AvgIpc) is 2.76. The van der Waals surface area contributed by atoms with E-state index in [4.69, 9.17) is 4.74 Å². The van der Waals surface area contributed by atoms with Crippen molar-refractivity contribution >= 4 is 0 Å². The van der Waals surface area contributed by atoms with Crippen LogP contribution in [0.15, 0.2) is 0 Å². The van der Waals surface area contributed by atoms with Gasteiger partial charge in [-0.3, -0.25) is 9.80 Å². The highest BCUT2D eigenvalue weighted by Gasteiger charge is 2.25. The van der Waals surface area contributed by atoms with Crippen LogP contribution in [0.4, 0.5) is 0 Å². The number of hydrogen-bond acceptors (Lipinski definition) is 6. The lowest BCUT2D eigenvalue weighted by atomic mass is 9.98. The number of ether oxygens (including phenoxy) is 1. The summed E-state index contributed by atoms with van der Waals surface area (Å²) in [5.41, 5.74) is 0. The third kappa shape index (κ3) is 8.08. The molecular weight excluding hydrogens is 362 g/mol. The Bertz CT molecular complexity index is 431. The van der Waals surface area contributed by atoms with E-state index in [2.05, 4.69) is 46.2 Å². The predicted octanol–water partition coefficient (Wildman–Crippen LogP) is 1.61. The molecule has 0 aromatic heterocycles. The van der Waals surface area contributed by atoms with Gasteiger partial charge >= 0.3 is 0 Å². The zero-order valence-corrected chi connectivity index (χ0v) is 19.4. The molecule has 2 N–H and O–H groups in total. The number of nitrogens with zero attached hydrogens (tertiary/aromatic N) is 3. The number of hydrogen-bond donors (Lipinski definition) is 2. The van der Waals surface area contributed by atoms with Gasteiger partial charge in [-0.1, -0.05) is 0 Å². The number of piperidine rings is 1. The van der Waals surface area contributed by atoms with E-state index in [0.29, 0.717) is 24.3 Å². The van der Waals surface area contributed by atoms with E-state index in [1.54, 1.807) is 0 Å². The molecule has 3 heterocycles. The monoisotopic (exact) mass is 409 g/mol. The van der Waals surface area contributed by atoms with Crippen molar-refractivity contribution in [2.24, 2.45) is 0 Å². The van der Waals surface area contributed by atoms with Crippen molar-refractivity contribution in [2.75, 3.05) is 72.5 Å². The van der Waals surface area contributed by atoms with E-state index in [0.717, 1.165) is 26.2 Å². The maximum Gasteiger partial charge on any atom is 0.0603 e. The molecule has 3 saturated heterocycles. The lowest BCUT2D eigenvalue weighted by molar-refractivity contribution is -0.0258. The summed E-state index contributed by atoms with van der Waals surface area (Å²) in [6.45, 7) is 16.6. The minimum absolute atomic E-state index is 0.388. The summed E-state index contributed by atoms with van der Waals surface area (Å²) in [4.78, 5) is 7.93. The van der Waals surface area contributed by atoms with Crippen LogP contribution < -0.4 is 10.6 Å². The SMILES string of the molecule is CC(CCC(CCC(C)N1CCNCC1)N1CCN(C)CC1)OC1CCNCC1. The van der Waals surface area contributed by atoms with Crippen LogP contribution in [0.5, 0.6) is 0 Å². The highest BCUT2D eigenvalue weighted by Crippen LogP contribution is 2.21. The van der Waals surface area contributed by atoms with Gasteiger partial charge in [-0.25, -0.2) is 0 Å². The highest BCUT2D eigenvalue weighted by molar-refractivity contribution is 4.81. The van der Waals surface area contributed by atoms with Crippen LogP contribution in [0.2, 0.25) is 0 Å². The van der Waals surface area contributed by atoms with Crippen molar-refractivity contribution in [1.29, 1.82) is 0 Å². The largest absolute Gasteiger partial charge is 0.375 e. The topological polar surface area (TPSA) is 43.0 Å². The van der Waals surface area contributed by atoms with Gasteiger partial charge < -0.3 is 20.3 Å². The Kier molecular flexibility index (Phi) is 10.2. The normalized spacial score (nSPS) is 27.0. The second-order valence-electron chi connectivity index (χ2n) is 9.68. The summed E-state index contributed by atoms with van der Waals surface area (Å²) < 4.78 is 6.38. The average molecular weight is 410 g/mol. The van der Waals surface area contributed by atoms with Crippen molar-refractivity contribution in [2.45, 2.75) is 76.7 Å². The first-order valence-electron chi connectivity index (χ1n) is 12.4. The van der Waals surface area contributed by atoms with Crippen molar-refractivity contribution < 1.29 is 4.74 Å². The summed E-state index contributed by atoms with van der Waals surface area (Å²) >= 11 is 0. The van der Waals surface area contributed by atoms with Gasteiger partial charge in [0.25, 0.3) is 0 Å². The second kappa shape index (κ2) is 12.6. The molecule has 3 aliphatic heterocycles. The molecule has 6 nitrogen and oxygen atoms in total. The van der Waals surface area contributed by atoms with E-state index in [-0.39, 0.29) is 0 Å². The number of nitrogens with one attached hydrogen (secondary N) is 2. The van der Waals surface area contributed by atoms with E-state index in [9.17, 15) is 0 Å². The predicted molar refractivity (Wildman–Crippen MR) is 122 cm³/mol. The molecule has 0 aromatic carbocycles. The molecule has 0 amide bonds. The van der Waals surface area contributed by atoms with Crippen molar-refractivity contribution in [3.05, 3.63) is 0 Å². The number of piperazine rings is 2. The van der Waals surface area contributed by atoms with Crippen LogP contribution in [-0.2, 0) is 4.74 Å². The fourth-order valence-electron chi connectivity index (χ4n) is 5.19. The van der Waals surface area contributed by atoms with Gasteiger partial charge in [-0.15, -0.1) is 0 Å². The molecule has 0 saturated carbocycles. The van der Waals surface area contributed by atoms with Crippen LogP contribution in [0.3, 0.4) is 0 Å². The Morgan fingerprint density at radius 3 is 2.07 bits per heavy atom. The fraction of sp³-hybridized carbons (Fsp3) is 1.00. The minimum atomic E-state index is 0.388. The van der Waals surface area contributed by atoms with Crippen molar-refractivity contribution in [3.8, 4) is 0 Å². The smallest absolute Gasteiger partial charge is 0.0603 e. The molecule has 3 unspecified atom stereocenters. The van der Waals surface area contributed by atoms with Crippen LogP contribution in [0, 0.1) is 0 Å². The van der Waals surface area contributed by atoms with Gasteiger partial charge in [0, 0.05) is 64.4 Å².